The standard InChI is InChI=1S/C59H98N2/c1-6-11-16-17-18-19-20-21-22-23-24-25-26-27-28-29-30-31-32-33-34-35-36-37-38-43-55-50-58(56-46-51(39-12-7-2)44-52(47-56)40-13-8-3)61(60)59(55)57-48-53(41-14-9-4)45-54(49-57)42-15-10-5/h43-50,60H,6-42H2,1-5H3. The molecule has 61 heavy (non-hydrogen) atoms. The van der Waals surface area contributed by atoms with Gasteiger partial charge in [0.25, 0.3) is 0 Å². The van der Waals surface area contributed by atoms with Gasteiger partial charge >= 0.3 is 0 Å². The zero-order valence-corrected chi connectivity index (χ0v) is 41.2. The van der Waals surface area contributed by atoms with Gasteiger partial charge in [-0.2, -0.15) is 0 Å². The van der Waals surface area contributed by atoms with Crippen molar-refractivity contribution >= 4 is 11.4 Å². The molecule has 0 aromatic heterocycles. The molecule has 344 valence electrons. The fourth-order valence-corrected chi connectivity index (χ4v) is 9.47. The van der Waals surface area contributed by atoms with Crippen LogP contribution in [0.25, 0.3) is 11.5 Å². The average Bonchev–Trinajstić information content (AvgIpc) is 3.61. The van der Waals surface area contributed by atoms with E-state index in [1.54, 1.807) is 4.68 Å². The second-order valence-corrected chi connectivity index (χ2v) is 19.3. The summed E-state index contributed by atoms with van der Waals surface area (Å²) in [5, 5.41) is 0. The molecule has 0 saturated carbocycles. The Bertz CT molecular complexity index is 1450. The fraction of sp³-hybridized carbons (Fsp3) is 0.712. The lowest BCUT2D eigenvalue weighted by molar-refractivity contribution is -0.347. The Morgan fingerprint density at radius 2 is 0.656 bits per heavy atom. The quantitative estimate of drug-likeness (QED) is 0.0474. The summed E-state index contributed by atoms with van der Waals surface area (Å²) < 4.78 is 1.80. The van der Waals surface area contributed by atoms with Crippen molar-refractivity contribution in [3.63, 3.8) is 0 Å². The van der Waals surface area contributed by atoms with Gasteiger partial charge in [-0.1, -0.05) is 226 Å². The molecule has 1 aliphatic heterocycles. The first-order valence-corrected chi connectivity index (χ1v) is 27.1. The van der Waals surface area contributed by atoms with Gasteiger partial charge in [-0.25, -0.2) is 4.68 Å². The second-order valence-electron chi connectivity index (χ2n) is 19.3. The maximum absolute atomic E-state index is 9.72. The van der Waals surface area contributed by atoms with Crippen LogP contribution in [0.4, 0.5) is 0 Å². The lowest BCUT2D eigenvalue weighted by Crippen LogP contribution is -2.13. The van der Waals surface area contributed by atoms with Crippen LogP contribution in [-0.2, 0) is 25.7 Å². The van der Waals surface area contributed by atoms with Crippen molar-refractivity contribution in [2.75, 3.05) is 0 Å². The van der Waals surface area contributed by atoms with E-state index in [1.165, 1.54) is 244 Å². The summed E-state index contributed by atoms with van der Waals surface area (Å²) in [7, 11) is 0. The Hall–Kier alpha value is -2.61. The number of nitrogens with one attached hydrogen (secondary N) is 1. The van der Waals surface area contributed by atoms with Crippen LogP contribution in [-0.4, -0.2) is 10.4 Å². The van der Waals surface area contributed by atoms with Crippen molar-refractivity contribution in [2.45, 2.75) is 272 Å². The van der Waals surface area contributed by atoms with E-state index in [2.05, 4.69) is 83.2 Å². The number of allylic oxidation sites excluding steroid dienone is 3. The Balaban J connectivity index is 1.46. The number of nitrogens with zero attached hydrogens (tertiary/aromatic N) is 1. The van der Waals surface area contributed by atoms with Gasteiger partial charge in [-0.3, -0.25) is 0 Å². The minimum Gasteiger partial charge on any atom is -0.448 e. The van der Waals surface area contributed by atoms with E-state index in [0.29, 0.717) is 0 Å². The minimum absolute atomic E-state index is 1.05. The van der Waals surface area contributed by atoms with Gasteiger partial charge in [0.05, 0.1) is 0 Å². The summed E-state index contributed by atoms with van der Waals surface area (Å²) in [6.07, 6.45) is 54.4. The molecule has 0 spiro atoms. The third-order valence-corrected chi connectivity index (χ3v) is 13.4. The smallest absolute Gasteiger partial charge is 0.215 e. The molecule has 2 nitrogen and oxygen atoms in total. The van der Waals surface area contributed by atoms with Gasteiger partial charge in [-0.05, 0) is 111 Å². The molecule has 0 bridgehead atoms. The molecule has 0 amide bonds. The molecule has 0 fully saturated rings. The number of rotatable bonds is 39. The normalized spacial score (nSPS) is 13.6. The lowest BCUT2D eigenvalue weighted by Gasteiger charge is -2.13. The van der Waals surface area contributed by atoms with Crippen LogP contribution in [0, 0.1) is 0 Å². The Morgan fingerprint density at radius 3 is 0.984 bits per heavy atom. The third kappa shape index (κ3) is 22.5. The summed E-state index contributed by atoms with van der Waals surface area (Å²) >= 11 is 0. The molecule has 0 atom stereocenters. The first-order chi connectivity index (χ1) is 30.0. The Kier molecular flexibility index (Phi) is 30.1. The topological polar surface area (TPSA) is 26.8 Å². The van der Waals surface area contributed by atoms with Crippen LogP contribution in [0.3, 0.4) is 0 Å². The molecule has 0 radical (unpaired) electrons. The van der Waals surface area contributed by atoms with Crippen LogP contribution >= 0.6 is 0 Å². The zero-order valence-electron chi connectivity index (χ0n) is 41.2. The highest BCUT2D eigenvalue weighted by molar-refractivity contribution is 6.15. The average molecular weight is 835 g/mol. The van der Waals surface area contributed by atoms with Crippen molar-refractivity contribution < 1.29 is 4.68 Å². The molecule has 2 aromatic rings. The molecular formula is C59H98N2. The minimum atomic E-state index is 1.05. The summed E-state index contributed by atoms with van der Waals surface area (Å²) in [4.78, 5) is 0. The van der Waals surface area contributed by atoms with E-state index in [9.17, 15) is 5.84 Å². The number of benzene rings is 2. The molecule has 2 heteroatoms. The van der Waals surface area contributed by atoms with Crippen molar-refractivity contribution in [1.29, 1.82) is 0 Å². The molecule has 2 aromatic carbocycles. The summed E-state index contributed by atoms with van der Waals surface area (Å²) in [6, 6.07) is 14.5. The van der Waals surface area contributed by atoms with E-state index in [0.717, 1.165) is 43.5 Å². The van der Waals surface area contributed by atoms with Gasteiger partial charge in [0.1, 0.15) is 0 Å². The molecule has 1 aliphatic rings. The summed E-state index contributed by atoms with van der Waals surface area (Å²) in [5.41, 5.74) is 11.6. The predicted octanol–water partition coefficient (Wildman–Crippen LogP) is 19.6. The largest absolute Gasteiger partial charge is 0.448 e. The van der Waals surface area contributed by atoms with Crippen molar-refractivity contribution in [3.05, 3.63) is 93.3 Å². The van der Waals surface area contributed by atoms with E-state index in [-0.39, 0.29) is 0 Å². The van der Waals surface area contributed by atoms with Crippen LogP contribution in [0.2, 0.25) is 0 Å². The lowest BCUT2D eigenvalue weighted by atomic mass is 9.94. The summed E-state index contributed by atoms with van der Waals surface area (Å²) in [6.45, 7) is 11.5. The van der Waals surface area contributed by atoms with E-state index >= 15 is 0 Å². The second kappa shape index (κ2) is 34.8. The van der Waals surface area contributed by atoms with Crippen molar-refractivity contribution in [1.82, 2.24) is 0 Å². The summed E-state index contributed by atoms with van der Waals surface area (Å²) in [5.74, 6) is 9.72. The van der Waals surface area contributed by atoms with Gasteiger partial charge in [0.2, 0.25) is 11.4 Å². The van der Waals surface area contributed by atoms with Crippen molar-refractivity contribution in [2.24, 2.45) is 0 Å². The van der Waals surface area contributed by atoms with Crippen LogP contribution in [0.15, 0.2) is 54.1 Å². The highest BCUT2D eigenvalue weighted by atomic mass is 15.3. The SMILES string of the molecule is CCCCCCCCCCCCCCCCCCCCCCCCCCC=C1C=C(c2cc(CCCC)cc(CCCC)c2)[N+]([NH-])=C1c1cc(CCCC)cc(CCCC)c1. The van der Waals surface area contributed by atoms with Crippen LogP contribution < -0.4 is 0 Å². The molecule has 0 saturated heterocycles. The molecule has 0 aliphatic carbocycles. The molecular weight excluding hydrogens is 737 g/mol. The number of hydrogen-bond acceptors (Lipinski definition) is 0. The first-order valence-electron chi connectivity index (χ1n) is 27.1. The zero-order chi connectivity index (χ0) is 43.6. The number of hydrogen-bond donors (Lipinski definition) is 0. The van der Waals surface area contributed by atoms with Gasteiger partial charge < -0.3 is 5.84 Å². The predicted molar refractivity (Wildman–Crippen MR) is 273 cm³/mol. The van der Waals surface area contributed by atoms with E-state index < -0.39 is 0 Å². The number of aryl methyl sites for hydroxylation is 4. The highest BCUT2D eigenvalue weighted by Crippen LogP contribution is 2.32. The van der Waals surface area contributed by atoms with Gasteiger partial charge in [0.15, 0.2) is 0 Å². The van der Waals surface area contributed by atoms with E-state index in [1.807, 2.05) is 0 Å². The monoisotopic (exact) mass is 835 g/mol. The maximum Gasteiger partial charge on any atom is 0.215 e. The Labute approximate surface area is 380 Å². The number of unbranched alkanes of at least 4 members (excludes halogenated alkanes) is 28. The highest BCUT2D eigenvalue weighted by Gasteiger charge is 2.29. The van der Waals surface area contributed by atoms with Gasteiger partial charge in [-0.15, -0.1) is 0 Å². The third-order valence-electron chi connectivity index (χ3n) is 13.4. The first kappa shape index (κ1) is 52.7. The molecule has 1 heterocycles. The fourth-order valence-electron chi connectivity index (χ4n) is 9.47. The molecule has 3 rings (SSSR count). The molecule has 0 unspecified atom stereocenters. The van der Waals surface area contributed by atoms with E-state index in [4.69, 9.17) is 0 Å². The molecule has 1 N–H and O–H groups in total. The van der Waals surface area contributed by atoms with Gasteiger partial charge in [0, 0.05) is 22.8 Å². The Morgan fingerprint density at radius 1 is 0.361 bits per heavy atom. The maximum atomic E-state index is 9.72. The van der Waals surface area contributed by atoms with Crippen LogP contribution in [0.1, 0.15) is 280 Å². The van der Waals surface area contributed by atoms with Crippen molar-refractivity contribution in [3.8, 4) is 0 Å². The van der Waals surface area contributed by atoms with Crippen LogP contribution in [0.5, 0.6) is 0 Å².